The minimum absolute atomic E-state index is 0.104. The predicted octanol–water partition coefficient (Wildman–Crippen LogP) is 2.49. The summed E-state index contributed by atoms with van der Waals surface area (Å²) in [7, 11) is 0. The molecule has 0 bridgehead atoms. The van der Waals surface area contributed by atoms with Crippen LogP contribution < -0.4 is 20.7 Å². The molecule has 3 atom stereocenters. The van der Waals surface area contributed by atoms with Gasteiger partial charge in [0.2, 0.25) is 12.1 Å². The summed E-state index contributed by atoms with van der Waals surface area (Å²) in [6.45, 7) is 2.10. The molecule has 2 aromatic carbocycles. The van der Waals surface area contributed by atoms with Crippen molar-refractivity contribution in [1.29, 1.82) is 0 Å². The van der Waals surface area contributed by atoms with Crippen LogP contribution >= 0.6 is 0 Å². The number of hydrogen-bond acceptors (Lipinski definition) is 5. The van der Waals surface area contributed by atoms with Gasteiger partial charge in [-0.05, 0) is 24.1 Å². The quantitative estimate of drug-likeness (QED) is 0.507. The largest absolute Gasteiger partial charge is 0.468 e. The normalized spacial score (nSPS) is 18.2. The van der Waals surface area contributed by atoms with Gasteiger partial charge in [0.05, 0.1) is 0 Å². The summed E-state index contributed by atoms with van der Waals surface area (Å²) in [4.78, 5) is 37.0. The highest BCUT2D eigenvalue weighted by Gasteiger charge is 2.43. The van der Waals surface area contributed by atoms with E-state index in [0.717, 1.165) is 18.4 Å². The third-order valence-corrected chi connectivity index (χ3v) is 4.84. The van der Waals surface area contributed by atoms with E-state index in [9.17, 15) is 14.4 Å². The monoisotopic (exact) mass is 425 g/mol. The van der Waals surface area contributed by atoms with E-state index in [4.69, 9.17) is 9.47 Å². The second-order valence-electron chi connectivity index (χ2n) is 7.25. The van der Waals surface area contributed by atoms with Crippen LogP contribution in [0.5, 0.6) is 5.75 Å². The SMILES string of the molecule is CCCC[C@H](NC(=O)OCc1ccccc1)C(=O)N[C@@H]1C(=O)N[C@H]1Oc1ccccc1. The number of unbranched alkanes of at least 4 members (excludes halogenated alkanes) is 1. The molecule has 0 aromatic heterocycles. The van der Waals surface area contributed by atoms with Crippen LogP contribution in [0.1, 0.15) is 31.7 Å². The Balaban J connectivity index is 1.54. The fourth-order valence-electron chi connectivity index (χ4n) is 3.08. The molecule has 0 radical (unpaired) electrons. The van der Waals surface area contributed by atoms with Gasteiger partial charge >= 0.3 is 6.09 Å². The number of ether oxygens (including phenoxy) is 2. The van der Waals surface area contributed by atoms with Crippen molar-refractivity contribution in [2.24, 2.45) is 0 Å². The summed E-state index contributed by atoms with van der Waals surface area (Å²) in [6, 6.07) is 16.6. The first-order valence-corrected chi connectivity index (χ1v) is 10.4. The van der Waals surface area contributed by atoms with Crippen molar-refractivity contribution >= 4 is 17.9 Å². The number of nitrogens with one attached hydrogen (secondary N) is 3. The van der Waals surface area contributed by atoms with Crippen molar-refractivity contribution in [3.8, 4) is 5.75 Å². The Labute approximate surface area is 181 Å². The van der Waals surface area contributed by atoms with Gasteiger partial charge in [-0.25, -0.2) is 4.79 Å². The molecule has 2 aromatic rings. The van der Waals surface area contributed by atoms with Crippen LogP contribution in [0.25, 0.3) is 0 Å². The van der Waals surface area contributed by atoms with Gasteiger partial charge in [-0.1, -0.05) is 68.3 Å². The summed E-state index contributed by atoms with van der Waals surface area (Å²) in [6.07, 6.45) is 0.666. The van der Waals surface area contributed by atoms with Gasteiger partial charge in [0, 0.05) is 0 Å². The number of para-hydroxylation sites is 1. The molecule has 1 aliphatic rings. The van der Waals surface area contributed by atoms with Crippen molar-refractivity contribution in [2.75, 3.05) is 0 Å². The van der Waals surface area contributed by atoms with Crippen LogP contribution in [0.2, 0.25) is 0 Å². The van der Waals surface area contributed by atoms with Crippen LogP contribution in [0.3, 0.4) is 0 Å². The lowest BCUT2D eigenvalue weighted by molar-refractivity contribution is -0.143. The molecular weight excluding hydrogens is 398 g/mol. The third kappa shape index (κ3) is 6.47. The van der Waals surface area contributed by atoms with Gasteiger partial charge in [-0.15, -0.1) is 0 Å². The number of β-lactam (4-membered cyclic amide) rings is 1. The Morgan fingerprint density at radius 3 is 2.39 bits per heavy atom. The van der Waals surface area contributed by atoms with Gasteiger partial charge in [0.15, 0.2) is 6.04 Å². The van der Waals surface area contributed by atoms with E-state index in [0.29, 0.717) is 12.2 Å². The second kappa shape index (κ2) is 11.0. The van der Waals surface area contributed by atoms with Crippen molar-refractivity contribution in [3.05, 3.63) is 66.2 Å². The van der Waals surface area contributed by atoms with E-state index in [-0.39, 0.29) is 12.5 Å². The van der Waals surface area contributed by atoms with Crippen LogP contribution in [-0.2, 0) is 20.9 Å². The Morgan fingerprint density at radius 1 is 1.06 bits per heavy atom. The molecule has 164 valence electrons. The third-order valence-electron chi connectivity index (χ3n) is 4.84. The summed E-state index contributed by atoms with van der Waals surface area (Å²) >= 11 is 0. The highest BCUT2D eigenvalue weighted by Crippen LogP contribution is 2.16. The van der Waals surface area contributed by atoms with Gasteiger partial charge in [-0.2, -0.15) is 0 Å². The minimum Gasteiger partial charge on any atom is -0.468 e. The summed E-state index contributed by atoms with van der Waals surface area (Å²) in [5.74, 6) is -0.210. The van der Waals surface area contributed by atoms with E-state index in [1.807, 2.05) is 55.5 Å². The molecule has 1 aliphatic heterocycles. The molecule has 0 unspecified atom stereocenters. The van der Waals surface area contributed by atoms with Crippen LogP contribution in [0, 0.1) is 0 Å². The van der Waals surface area contributed by atoms with Crippen LogP contribution in [0.15, 0.2) is 60.7 Å². The van der Waals surface area contributed by atoms with Gasteiger partial charge in [-0.3, -0.25) is 9.59 Å². The number of hydrogen-bond donors (Lipinski definition) is 3. The topological polar surface area (TPSA) is 106 Å². The first-order valence-electron chi connectivity index (χ1n) is 10.4. The van der Waals surface area contributed by atoms with E-state index in [2.05, 4.69) is 16.0 Å². The highest BCUT2D eigenvalue weighted by molar-refractivity contribution is 5.95. The standard InChI is InChI=1S/C23H27N3O5/c1-2-3-14-18(24-23(29)30-15-16-10-6-4-7-11-16)20(27)25-19-21(28)26-22(19)31-17-12-8-5-9-13-17/h4-13,18-19,22H,2-3,14-15H2,1H3,(H,24,29)(H,25,27)(H,26,28)/t18-,19+,22-/m0/s1. The van der Waals surface area contributed by atoms with Crippen molar-refractivity contribution in [1.82, 2.24) is 16.0 Å². The Bertz CT molecular complexity index is 875. The van der Waals surface area contributed by atoms with Crippen molar-refractivity contribution in [2.45, 2.75) is 51.1 Å². The maximum absolute atomic E-state index is 12.8. The molecule has 31 heavy (non-hydrogen) atoms. The lowest BCUT2D eigenvalue weighted by Crippen LogP contribution is -2.72. The summed E-state index contributed by atoms with van der Waals surface area (Å²) < 4.78 is 10.9. The Kier molecular flexibility index (Phi) is 7.86. The minimum atomic E-state index is -0.834. The second-order valence-corrected chi connectivity index (χ2v) is 7.25. The van der Waals surface area contributed by atoms with Gasteiger partial charge in [0.25, 0.3) is 5.91 Å². The number of rotatable bonds is 10. The Morgan fingerprint density at radius 2 is 1.74 bits per heavy atom. The zero-order valence-corrected chi connectivity index (χ0v) is 17.4. The predicted molar refractivity (Wildman–Crippen MR) is 114 cm³/mol. The van der Waals surface area contributed by atoms with E-state index in [1.54, 1.807) is 12.1 Å². The molecular formula is C23H27N3O5. The van der Waals surface area contributed by atoms with Crippen molar-refractivity contribution < 1.29 is 23.9 Å². The summed E-state index contributed by atoms with van der Waals surface area (Å²) in [5, 5.41) is 7.91. The van der Waals surface area contributed by atoms with Crippen LogP contribution in [-0.4, -0.2) is 36.2 Å². The first kappa shape index (κ1) is 22.1. The molecule has 3 rings (SSSR count). The number of amides is 3. The molecule has 0 aliphatic carbocycles. The molecule has 1 saturated heterocycles. The zero-order chi connectivity index (χ0) is 22.1. The maximum atomic E-state index is 12.8. The van der Waals surface area contributed by atoms with E-state index < -0.39 is 30.3 Å². The number of carbonyl (C=O) groups excluding carboxylic acids is 3. The lowest BCUT2D eigenvalue weighted by atomic mass is 10.1. The van der Waals surface area contributed by atoms with E-state index in [1.165, 1.54) is 0 Å². The molecule has 0 spiro atoms. The molecule has 3 amide bonds. The maximum Gasteiger partial charge on any atom is 0.408 e. The fraction of sp³-hybridized carbons (Fsp3) is 0.348. The average Bonchev–Trinajstić information content (AvgIpc) is 2.79. The van der Waals surface area contributed by atoms with Gasteiger partial charge in [0.1, 0.15) is 18.4 Å². The van der Waals surface area contributed by atoms with E-state index >= 15 is 0 Å². The van der Waals surface area contributed by atoms with Crippen LogP contribution in [0.4, 0.5) is 4.79 Å². The van der Waals surface area contributed by atoms with Gasteiger partial charge < -0.3 is 25.4 Å². The zero-order valence-electron chi connectivity index (χ0n) is 17.4. The smallest absolute Gasteiger partial charge is 0.408 e. The molecule has 8 heteroatoms. The average molecular weight is 425 g/mol. The lowest BCUT2D eigenvalue weighted by Gasteiger charge is -2.37. The number of alkyl carbamates (subject to hydrolysis) is 1. The molecule has 0 saturated carbocycles. The highest BCUT2D eigenvalue weighted by atomic mass is 16.5. The molecule has 8 nitrogen and oxygen atoms in total. The Hall–Kier alpha value is -3.55. The van der Waals surface area contributed by atoms with Crippen molar-refractivity contribution in [3.63, 3.8) is 0 Å². The molecule has 1 heterocycles. The molecule has 1 fully saturated rings. The fourth-order valence-corrected chi connectivity index (χ4v) is 3.08. The first-order chi connectivity index (χ1) is 15.1. The number of carbonyl (C=O) groups is 3. The number of benzene rings is 2. The molecule has 3 N–H and O–H groups in total. The summed E-state index contributed by atoms with van der Waals surface area (Å²) in [5.41, 5.74) is 0.847.